The lowest BCUT2D eigenvalue weighted by Crippen LogP contribution is -2.46. The zero-order valence-electron chi connectivity index (χ0n) is 17.0. The summed E-state index contributed by atoms with van der Waals surface area (Å²) in [5, 5.41) is 8.21. The molecule has 2 aromatic rings. The molecule has 0 radical (unpaired) electrons. The van der Waals surface area contributed by atoms with Gasteiger partial charge in [-0.15, -0.1) is 0 Å². The fourth-order valence-electron chi connectivity index (χ4n) is 3.56. The topological polar surface area (TPSA) is 76.5 Å². The molecule has 29 heavy (non-hydrogen) atoms. The number of nitrogens with zero attached hydrogens (tertiary/aromatic N) is 3. The van der Waals surface area contributed by atoms with Crippen LogP contribution >= 0.6 is 11.6 Å². The number of hydrogen-bond acceptors (Lipinski definition) is 4. The van der Waals surface area contributed by atoms with Crippen molar-refractivity contribution in [3.8, 4) is 5.69 Å². The van der Waals surface area contributed by atoms with Gasteiger partial charge in [0.1, 0.15) is 0 Å². The lowest BCUT2D eigenvalue weighted by Gasteiger charge is -2.31. The van der Waals surface area contributed by atoms with E-state index in [9.17, 15) is 9.59 Å². The summed E-state index contributed by atoms with van der Waals surface area (Å²) in [6.45, 7) is 7.39. The van der Waals surface area contributed by atoms with Crippen molar-refractivity contribution in [2.75, 3.05) is 19.7 Å². The van der Waals surface area contributed by atoms with Crippen LogP contribution < -0.4 is 5.32 Å². The van der Waals surface area contributed by atoms with Crippen LogP contribution in [0.3, 0.4) is 0 Å². The van der Waals surface area contributed by atoms with E-state index in [-0.39, 0.29) is 24.0 Å². The predicted molar refractivity (Wildman–Crippen MR) is 112 cm³/mol. The highest BCUT2D eigenvalue weighted by Crippen LogP contribution is 2.24. The standard InChI is InChI=1S/C21H27ClN4O3/c1-4-29-21(28)25-11-9-16(10-12-25)24-20(27)18-13-23-26(19(18)14(2)3)17-7-5-15(22)6-8-17/h5-8,13-14,16H,4,9-12H2,1-3H3,(H,24,27). The highest BCUT2D eigenvalue weighted by atomic mass is 35.5. The number of piperidine rings is 1. The van der Waals surface area contributed by atoms with E-state index in [0.717, 1.165) is 11.4 Å². The average Bonchev–Trinajstić information content (AvgIpc) is 3.15. The van der Waals surface area contributed by atoms with Gasteiger partial charge in [0.15, 0.2) is 0 Å². The van der Waals surface area contributed by atoms with Gasteiger partial charge in [-0.25, -0.2) is 9.48 Å². The first kappa shape index (κ1) is 21.2. The first-order valence-corrected chi connectivity index (χ1v) is 10.3. The minimum Gasteiger partial charge on any atom is -0.450 e. The number of carbonyl (C=O) groups excluding carboxylic acids is 2. The molecular formula is C21H27ClN4O3. The van der Waals surface area contributed by atoms with E-state index >= 15 is 0 Å². The Morgan fingerprint density at radius 3 is 2.48 bits per heavy atom. The maximum Gasteiger partial charge on any atom is 0.409 e. The monoisotopic (exact) mass is 418 g/mol. The van der Waals surface area contributed by atoms with Crippen molar-refractivity contribution in [3.63, 3.8) is 0 Å². The Kier molecular flexibility index (Phi) is 6.79. The van der Waals surface area contributed by atoms with Crippen molar-refractivity contribution in [3.05, 3.63) is 46.7 Å². The fraction of sp³-hybridized carbons (Fsp3) is 0.476. The van der Waals surface area contributed by atoms with Crippen LogP contribution in [0, 0.1) is 0 Å². The highest BCUT2D eigenvalue weighted by Gasteiger charge is 2.27. The lowest BCUT2D eigenvalue weighted by molar-refractivity contribution is 0.0859. The van der Waals surface area contributed by atoms with Gasteiger partial charge < -0.3 is 15.0 Å². The summed E-state index contributed by atoms with van der Waals surface area (Å²) in [4.78, 5) is 26.5. The van der Waals surface area contributed by atoms with Gasteiger partial charge in [-0.1, -0.05) is 25.4 Å². The predicted octanol–water partition coefficient (Wildman–Crippen LogP) is 4.00. The Labute approximate surface area is 176 Å². The van der Waals surface area contributed by atoms with Crippen LogP contribution in [0.5, 0.6) is 0 Å². The Hall–Kier alpha value is -2.54. The SMILES string of the molecule is CCOC(=O)N1CCC(NC(=O)c2cnn(-c3ccc(Cl)cc3)c2C(C)C)CC1. The zero-order valence-corrected chi connectivity index (χ0v) is 17.8. The van der Waals surface area contributed by atoms with Crippen molar-refractivity contribution in [2.45, 2.75) is 45.6 Å². The second-order valence-electron chi connectivity index (χ2n) is 7.42. The Balaban J connectivity index is 1.70. The van der Waals surface area contributed by atoms with E-state index in [0.29, 0.717) is 43.1 Å². The number of aromatic nitrogens is 2. The number of rotatable bonds is 5. The van der Waals surface area contributed by atoms with Gasteiger partial charge in [-0.2, -0.15) is 5.10 Å². The molecule has 1 aromatic carbocycles. The third kappa shape index (κ3) is 4.90. The van der Waals surface area contributed by atoms with Crippen molar-refractivity contribution in [2.24, 2.45) is 0 Å². The van der Waals surface area contributed by atoms with Crippen LogP contribution in [0.4, 0.5) is 4.79 Å². The second kappa shape index (κ2) is 9.31. The third-order valence-corrected chi connectivity index (χ3v) is 5.28. The Morgan fingerprint density at radius 2 is 1.90 bits per heavy atom. The molecule has 0 spiro atoms. The van der Waals surface area contributed by atoms with Gasteiger partial charge in [-0.05, 0) is 49.9 Å². The molecule has 8 heteroatoms. The number of hydrogen-bond donors (Lipinski definition) is 1. The first-order valence-electron chi connectivity index (χ1n) is 9.97. The smallest absolute Gasteiger partial charge is 0.409 e. The van der Waals surface area contributed by atoms with E-state index < -0.39 is 0 Å². The molecule has 1 aromatic heterocycles. The Bertz CT molecular complexity index is 855. The summed E-state index contributed by atoms with van der Waals surface area (Å²) >= 11 is 5.99. The number of carbonyl (C=O) groups is 2. The van der Waals surface area contributed by atoms with Crippen LogP contribution in [0.25, 0.3) is 5.69 Å². The summed E-state index contributed by atoms with van der Waals surface area (Å²) < 4.78 is 6.83. The quantitative estimate of drug-likeness (QED) is 0.796. The molecular weight excluding hydrogens is 392 g/mol. The number of benzene rings is 1. The molecule has 0 unspecified atom stereocenters. The van der Waals surface area contributed by atoms with E-state index in [1.807, 2.05) is 26.0 Å². The molecule has 0 aliphatic carbocycles. The summed E-state index contributed by atoms with van der Waals surface area (Å²) in [6.07, 6.45) is 2.73. The van der Waals surface area contributed by atoms with E-state index in [2.05, 4.69) is 10.4 Å². The molecule has 3 rings (SSSR count). The van der Waals surface area contributed by atoms with Crippen LogP contribution in [0.2, 0.25) is 5.02 Å². The van der Waals surface area contributed by atoms with Gasteiger partial charge >= 0.3 is 6.09 Å². The summed E-state index contributed by atoms with van der Waals surface area (Å²) in [5.74, 6) is -0.0249. The van der Waals surface area contributed by atoms with Crippen molar-refractivity contribution < 1.29 is 14.3 Å². The van der Waals surface area contributed by atoms with Gasteiger partial charge in [0.05, 0.1) is 29.7 Å². The van der Waals surface area contributed by atoms with Crippen LogP contribution in [-0.2, 0) is 4.74 Å². The van der Waals surface area contributed by atoms with E-state index in [4.69, 9.17) is 16.3 Å². The van der Waals surface area contributed by atoms with Gasteiger partial charge in [0, 0.05) is 24.2 Å². The summed E-state index contributed by atoms with van der Waals surface area (Å²) in [5.41, 5.74) is 2.29. The van der Waals surface area contributed by atoms with Crippen LogP contribution in [-0.4, -0.2) is 52.4 Å². The van der Waals surface area contributed by atoms with Crippen molar-refractivity contribution in [1.82, 2.24) is 20.0 Å². The van der Waals surface area contributed by atoms with Gasteiger partial charge in [0.2, 0.25) is 0 Å². The van der Waals surface area contributed by atoms with Crippen LogP contribution in [0.1, 0.15) is 55.6 Å². The van der Waals surface area contributed by atoms with Crippen molar-refractivity contribution >= 4 is 23.6 Å². The molecule has 1 saturated heterocycles. The lowest BCUT2D eigenvalue weighted by atomic mass is 10.0. The van der Waals surface area contributed by atoms with E-state index in [1.165, 1.54) is 0 Å². The van der Waals surface area contributed by atoms with Gasteiger partial charge in [-0.3, -0.25) is 4.79 Å². The maximum atomic E-state index is 13.0. The molecule has 2 amide bonds. The minimum absolute atomic E-state index is 0.0204. The molecule has 1 N–H and O–H groups in total. The third-order valence-electron chi connectivity index (χ3n) is 5.03. The second-order valence-corrected chi connectivity index (χ2v) is 7.86. The zero-order chi connectivity index (χ0) is 21.0. The maximum absolute atomic E-state index is 13.0. The number of nitrogens with one attached hydrogen (secondary N) is 1. The molecule has 0 saturated carbocycles. The number of amides is 2. The number of likely N-dealkylation sites (tertiary alicyclic amines) is 1. The highest BCUT2D eigenvalue weighted by molar-refractivity contribution is 6.30. The average molecular weight is 419 g/mol. The molecule has 1 aliphatic rings. The number of halogens is 1. The minimum atomic E-state index is -0.288. The molecule has 1 fully saturated rings. The first-order chi connectivity index (χ1) is 13.9. The summed E-state index contributed by atoms with van der Waals surface area (Å²) in [7, 11) is 0. The number of ether oxygens (including phenoxy) is 1. The molecule has 1 aliphatic heterocycles. The fourth-order valence-corrected chi connectivity index (χ4v) is 3.69. The van der Waals surface area contributed by atoms with E-state index in [1.54, 1.807) is 34.8 Å². The largest absolute Gasteiger partial charge is 0.450 e. The normalized spacial score (nSPS) is 14.9. The Morgan fingerprint density at radius 1 is 1.24 bits per heavy atom. The van der Waals surface area contributed by atoms with Gasteiger partial charge in [0.25, 0.3) is 5.91 Å². The van der Waals surface area contributed by atoms with Crippen LogP contribution in [0.15, 0.2) is 30.5 Å². The molecule has 0 bridgehead atoms. The molecule has 156 valence electrons. The molecule has 0 atom stereocenters. The molecule has 2 heterocycles. The molecule has 7 nitrogen and oxygen atoms in total. The summed E-state index contributed by atoms with van der Waals surface area (Å²) in [6, 6.07) is 7.40. The van der Waals surface area contributed by atoms with Crippen molar-refractivity contribution in [1.29, 1.82) is 0 Å².